The fraction of sp³-hybridized carbons (Fsp3) is 0.857. The highest BCUT2D eigenvalue weighted by molar-refractivity contribution is 7.99. The third-order valence-electron chi connectivity index (χ3n) is 1.28. The molecule has 1 unspecified atom stereocenters. The highest BCUT2D eigenvalue weighted by atomic mass is 32.2. The molecule has 0 saturated carbocycles. The Hall–Kier alpha value is -0.260. The summed E-state index contributed by atoms with van der Waals surface area (Å²) in [6.45, 7) is 1.86. The Morgan fingerprint density at radius 2 is 2.25 bits per heavy atom. The third kappa shape index (κ3) is 4.58. The molecule has 0 rings (SSSR count). The van der Waals surface area contributed by atoms with Crippen LogP contribution in [0, 0.1) is 0 Å². The first-order valence-corrected chi connectivity index (χ1v) is 4.68. The van der Waals surface area contributed by atoms with Crippen LogP contribution in [0.25, 0.3) is 0 Å². The van der Waals surface area contributed by atoms with E-state index >= 15 is 0 Å². The maximum absolute atomic E-state index is 10.4. The molecule has 0 aromatic rings. The summed E-state index contributed by atoms with van der Waals surface area (Å²) in [6, 6.07) is 0. The van der Waals surface area contributed by atoms with E-state index in [2.05, 4.69) is 0 Å². The predicted octanol–water partition coefficient (Wildman–Crippen LogP) is 0.202. The maximum Gasteiger partial charge on any atom is 0.336 e. The van der Waals surface area contributed by atoms with Crippen molar-refractivity contribution in [1.82, 2.24) is 0 Å². The third-order valence-corrected chi connectivity index (χ3v) is 2.50. The summed E-state index contributed by atoms with van der Waals surface area (Å²) >= 11 is 1.36. The van der Waals surface area contributed by atoms with Crippen molar-refractivity contribution in [2.24, 2.45) is 0 Å². The van der Waals surface area contributed by atoms with Crippen LogP contribution in [-0.4, -0.2) is 47.0 Å². The Morgan fingerprint density at radius 1 is 1.67 bits per heavy atom. The first-order chi connectivity index (χ1) is 5.50. The molecule has 0 fully saturated rings. The summed E-state index contributed by atoms with van der Waals surface area (Å²) in [4.78, 5) is 10.4. The average molecular weight is 194 g/mol. The number of carbonyl (C=O) groups is 1. The van der Waals surface area contributed by atoms with Crippen LogP contribution in [0.2, 0.25) is 0 Å². The quantitative estimate of drug-likeness (QED) is 0.591. The van der Waals surface area contributed by atoms with Crippen molar-refractivity contribution >= 4 is 17.7 Å². The van der Waals surface area contributed by atoms with Gasteiger partial charge in [0, 0.05) is 18.6 Å². The van der Waals surface area contributed by atoms with E-state index in [-0.39, 0.29) is 5.75 Å². The molecular formula is C7H14O4S. The van der Waals surface area contributed by atoms with Gasteiger partial charge in [-0.15, -0.1) is 0 Å². The highest BCUT2D eigenvalue weighted by Crippen LogP contribution is 2.12. The Balaban J connectivity index is 3.54. The Labute approximate surface area is 75.9 Å². The second-order valence-electron chi connectivity index (χ2n) is 2.62. The number of aliphatic carboxylic acids is 1. The number of methoxy groups -OCH3 is 1. The zero-order chi connectivity index (χ0) is 9.61. The number of hydrogen-bond acceptors (Lipinski definition) is 4. The van der Waals surface area contributed by atoms with E-state index < -0.39 is 11.6 Å². The molecule has 0 aromatic heterocycles. The molecule has 0 radical (unpaired) electrons. The fourth-order valence-electron chi connectivity index (χ4n) is 0.475. The van der Waals surface area contributed by atoms with Crippen LogP contribution in [0.15, 0.2) is 0 Å². The minimum atomic E-state index is -1.63. The maximum atomic E-state index is 10.4. The monoisotopic (exact) mass is 194 g/mol. The zero-order valence-electron chi connectivity index (χ0n) is 7.24. The van der Waals surface area contributed by atoms with Crippen molar-refractivity contribution < 1.29 is 19.7 Å². The second kappa shape index (κ2) is 5.40. The number of hydrogen-bond donors (Lipinski definition) is 2. The van der Waals surface area contributed by atoms with E-state index in [4.69, 9.17) is 9.84 Å². The number of rotatable bonds is 6. The van der Waals surface area contributed by atoms with E-state index in [9.17, 15) is 9.90 Å². The smallest absolute Gasteiger partial charge is 0.336 e. The van der Waals surface area contributed by atoms with Gasteiger partial charge in [-0.25, -0.2) is 4.79 Å². The molecule has 0 bridgehead atoms. The normalized spacial score (nSPS) is 15.6. The van der Waals surface area contributed by atoms with Crippen molar-refractivity contribution in [2.45, 2.75) is 12.5 Å². The molecule has 0 amide bonds. The molecule has 0 aromatic carbocycles. The minimum absolute atomic E-state index is 0.186. The van der Waals surface area contributed by atoms with Gasteiger partial charge >= 0.3 is 5.97 Å². The Bertz CT molecular complexity index is 146. The van der Waals surface area contributed by atoms with Gasteiger partial charge in [-0.05, 0) is 6.92 Å². The van der Waals surface area contributed by atoms with Crippen molar-refractivity contribution in [2.75, 3.05) is 25.2 Å². The molecule has 0 aliphatic heterocycles. The molecule has 4 nitrogen and oxygen atoms in total. The van der Waals surface area contributed by atoms with Crippen LogP contribution in [0.3, 0.4) is 0 Å². The van der Waals surface area contributed by atoms with Crippen LogP contribution in [0.1, 0.15) is 6.92 Å². The van der Waals surface area contributed by atoms with Crippen molar-refractivity contribution in [3.05, 3.63) is 0 Å². The van der Waals surface area contributed by atoms with E-state index in [1.54, 1.807) is 7.11 Å². The van der Waals surface area contributed by atoms with Crippen LogP contribution < -0.4 is 0 Å². The molecule has 0 heterocycles. The van der Waals surface area contributed by atoms with E-state index in [0.29, 0.717) is 12.4 Å². The number of thioether (sulfide) groups is 1. The van der Waals surface area contributed by atoms with Crippen LogP contribution in [-0.2, 0) is 9.53 Å². The van der Waals surface area contributed by atoms with Gasteiger partial charge in [0.1, 0.15) is 0 Å². The Morgan fingerprint density at radius 3 is 2.67 bits per heavy atom. The molecule has 12 heavy (non-hydrogen) atoms. The van der Waals surface area contributed by atoms with Crippen LogP contribution in [0.5, 0.6) is 0 Å². The molecule has 1 atom stereocenters. The van der Waals surface area contributed by atoms with Crippen LogP contribution >= 0.6 is 11.8 Å². The van der Waals surface area contributed by atoms with Gasteiger partial charge in [0.05, 0.1) is 6.61 Å². The fourth-order valence-corrected chi connectivity index (χ4v) is 1.42. The van der Waals surface area contributed by atoms with Gasteiger partial charge in [-0.1, -0.05) is 0 Å². The molecule has 2 N–H and O–H groups in total. The van der Waals surface area contributed by atoms with Crippen LogP contribution in [0.4, 0.5) is 0 Å². The summed E-state index contributed by atoms with van der Waals surface area (Å²) in [5, 5.41) is 17.7. The van der Waals surface area contributed by atoms with E-state index in [1.807, 2.05) is 0 Å². The molecule has 0 saturated heterocycles. The lowest BCUT2D eigenvalue weighted by molar-refractivity contribution is -0.154. The first kappa shape index (κ1) is 11.7. The molecule has 0 aliphatic carbocycles. The van der Waals surface area contributed by atoms with E-state index in [1.165, 1.54) is 18.7 Å². The summed E-state index contributed by atoms with van der Waals surface area (Å²) in [7, 11) is 1.58. The van der Waals surface area contributed by atoms with Gasteiger partial charge in [0.25, 0.3) is 0 Å². The highest BCUT2D eigenvalue weighted by Gasteiger charge is 2.29. The van der Waals surface area contributed by atoms with Crippen molar-refractivity contribution in [3.8, 4) is 0 Å². The molecule has 0 aliphatic rings. The second-order valence-corrected chi connectivity index (χ2v) is 3.73. The lowest BCUT2D eigenvalue weighted by atomic mass is 10.1. The van der Waals surface area contributed by atoms with Crippen molar-refractivity contribution in [1.29, 1.82) is 0 Å². The Kier molecular flexibility index (Phi) is 5.28. The lowest BCUT2D eigenvalue weighted by Crippen LogP contribution is -2.37. The summed E-state index contributed by atoms with van der Waals surface area (Å²) in [5.74, 6) is -0.307. The van der Waals surface area contributed by atoms with Gasteiger partial charge in [0.2, 0.25) is 0 Å². The molecular weight excluding hydrogens is 180 g/mol. The largest absolute Gasteiger partial charge is 0.479 e. The number of aliphatic hydroxyl groups is 1. The van der Waals surface area contributed by atoms with Gasteiger partial charge in [-0.3, -0.25) is 0 Å². The number of carboxylic acids is 1. The topological polar surface area (TPSA) is 66.8 Å². The summed E-state index contributed by atoms with van der Waals surface area (Å²) in [5.41, 5.74) is -1.63. The lowest BCUT2D eigenvalue weighted by Gasteiger charge is -2.16. The predicted molar refractivity (Wildman–Crippen MR) is 47.5 cm³/mol. The van der Waals surface area contributed by atoms with Gasteiger partial charge in [-0.2, -0.15) is 11.8 Å². The minimum Gasteiger partial charge on any atom is -0.479 e. The van der Waals surface area contributed by atoms with Crippen molar-refractivity contribution in [3.63, 3.8) is 0 Å². The summed E-state index contributed by atoms with van der Waals surface area (Å²) < 4.78 is 4.77. The average Bonchev–Trinajstić information content (AvgIpc) is 1.98. The SMILES string of the molecule is COCCSCC(C)(O)C(=O)O. The first-order valence-electron chi connectivity index (χ1n) is 3.53. The van der Waals surface area contributed by atoms with Gasteiger partial charge < -0.3 is 14.9 Å². The number of ether oxygens (including phenoxy) is 1. The standard InChI is InChI=1S/C7H14O4S/c1-7(10,6(8)9)5-12-4-3-11-2/h10H,3-5H2,1-2H3,(H,8,9). The molecule has 0 spiro atoms. The molecule has 72 valence electrons. The zero-order valence-corrected chi connectivity index (χ0v) is 8.06. The van der Waals surface area contributed by atoms with Gasteiger partial charge in [0.15, 0.2) is 5.60 Å². The summed E-state index contributed by atoms with van der Waals surface area (Å²) in [6.07, 6.45) is 0. The molecule has 5 heteroatoms. The number of carboxylic acid groups (broad SMARTS) is 1. The van der Waals surface area contributed by atoms with E-state index in [0.717, 1.165) is 0 Å².